The van der Waals surface area contributed by atoms with E-state index in [0.717, 1.165) is 50.3 Å². The lowest BCUT2D eigenvalue weighted by molar-refractivity contribution is 0.116. The molecule has 1 aliphatic heterocycles. The molecular formula is C17H28N4O. The zero-order valence-corrected chi connectivity index (χ0v) is 13.6. The summed E-state index contributed by atoms with van der Waals surface area (Å²) in [6.07, 6.45) is 9.55. The van der Waals surface area contributed by atoms with E-state index in [1.807, 2.05) is 7.05 Å². The minimum absolute atomic E-state index is 0.532. The average Bonchev–Trinajstić information content (AvgIpc) is 2.81. The molecule has 122 valence electrons. The van der Waals surface area contributed by atoms with Gasteiger partial charge in [-0.15, -0.1) is 0 Å². The number of hydrogen-bond acceptors (Lipinski definition) is 5. The molecular weight excluding hydrogens is 276 g/mol. The lowest BCUT2D eigenvalue weighted by Crippen LogP contribution is -2.40. The predicted octanol–water partition coefficient (Wildman–Crippen LogP) is 2.34. The lowest BCUT2D eigenvalue weighted by atomic mass is 9.93. The van der Waals surface area contributed by atoms with Crippen LogP contribution < -0.4 is 5.32 Å². The van der Waals surface area contributed by atoms with E-state index >= 15 is 0 Å². The van der Waals surface area contributed by atoms with E-state index in [0.29, 0.717) is 5.92 Å². The SMILES string of the molecule is CNc1cc(C[C@@H]2COCCN(C3CCCCC3)C2)ncn1. The fraction of sp³-hybridized carbons (Fsp3) is 0.765. The summed E-state index contributed by atoms with van der Waals surface area (Å²) in [6, 6.07) is 2.83. The molecule has 2 aliphatic rings. The molecule has 22 heavy (non-hydrogen) atoms. The normalized spacial score (nSPS) is 24.9. The molecule has 1 saturated carbocycles. The Labute approximate surface area is 133 Å². The molecule has 1 aromatic rings. The summed E-state index contributed by atoms with van der Waals surface area (Å²) in [5, 5.41) is 3.08. The summed E-state index contributed by atoms with van der Waals surface area (Å²) in [7, 11) is 1.89. The van der Waals surface area contributed by atoms with Gasteiger partial charge in [0.25, 0.3) is 0 Å². The van der Waals surface area contributed by atoms with Gasteiger partial charge in [-0.25, -0.2) is 9.97 Å². The van der Waals surface area contributed by atoms with Crippen LogP contribution in [0.15, 0.2) is 12.4 Å². The quantitative estimate of drug-likeness (QED) is 0.925. The second kappa shape index (κ2) is 7.88. The van der Waals surface area contributed by atoms with Crippen molar-refractivity contribution in [2.45, 2.75) is 44.6 Å². The second-order valence-corrected chi connectivity index (χ2v) is 6.58. The van der Waals surface area contributed by atoms with Crippen LogP contribution in [0.2, 0.25) is 0 Å². The molecule has 0 aromatic carbocycles. The van der Waals surface area contributed by atoms with E-state index in [-0.39, 0.29) is 0 Å². The molecule has 5 heteroatoms. The molecule has 0 unspecified atom stereocenters. The summed E-state index contributed by atoms with van der Waals surface area (Å²) in [5.74, 6) is 1.42. The largest absolute Gasteiger partial charge is 0.380 e. The third kappa shape index (κ3) is 4.17. The number of rotatable bonds is 4. The zero-order chi connectivity index (χ0) is 15.2. The molecule has 3 rings (SSSR count). The van der Waals surface area contributed by atoms with Gasteiger partial charge in [0.1, 0.15) is 12.1 Å². The second-order valence-electron chi connectivity index (χ2n) is 6.58. The van der Waals surface area contributed by atoms with Crippen LogP contribution in [0.25, 0.3) is 0 Å². The lowest BCUT2D eigenvalue weighted by Gasteiger charge is -2.34. The first-order valence-corrected chi connectivity index (χ1v) is 8.65. The molecule has 0 radical (unpaired) electrons. The Morgan fingerprint density at radius 3 is 2.95 bits per heavy atom. The number of aromatic nitrogens is 2. The number of anilines is 1. The van der Waals surface area contributed by atoms with Crippen LogP contribution in [0.4, 0.5) is 5.82 Å². The highest BCUT2D eigenvalue weighted by atomic mass is 16.5. The Morgan fingerprint density at radius 1 is 1.27 bits per heavy atom. The van der Waals surface area contributed by atoms with E-state index in [2.05, 4.69) is 26.3 Å². The Balaban J connectivity index is 1.61. The van der Waals surface area contributed by atoms with Gasteiger partial charge in [-0.3, -0.25) is 4.90 Å². The smallest absolute Gasteiger partial charge is 0.129 e. The van der Waals surface area contributed by atoms with Gasteiger partial charge in [-0.1, -0.05) is 19.3 Å². The van der Waals surface area contributed by atoms with E-state index in [4.69, 9.17) is 4.74 Å². The minimum Gasteiger partial charge on any atom is -0.380 e. The van der Waals surface area contributed by atoms with E-state index in [1.54, 1.807) is 6.33 Å². The van der Waals surface area contributed by atoms with Gasteiger partial charge < -0.3 is 10.1 Å². The number of nitrogens with one attached hydrogen (secondary N) is 1. The summed E-state index contributed by atoms with van der Waals surface area (Å²) in [4.78, 5) is 11.3. The van der Waals surface area contributed by atoms with Crippen LogP contribution >= 0.6 is 0 Å². The van der Waals surface area contributed by atoms with Crippen LogP contribution in [-0.2, 0) is 11.2 Å². The van der Waals surface area contributed by atoms with Crippen molar-refractivity contribution in [2.75, 3.05) is 38.7 Å². The van der Waals surface area contributed by atoms with Crippen molar-refractivity contribution in [1.29, 1.82) is 0 Å². The van der Waals surface area contributed by atoms with Gasteiger partial charge >= 0.3 is 0 Å². The van der Waals surface area contributed by atoms with Crippen molar-refractivity contribution in [3.63, 3.8) is 0 Å². The molecule has 2 fully saturated rings. The first-order chi connectivity index (χ1) is 10.8. The number of hydrogen-bond donors (Lipinski definition) is 1. The van der Waals surface area contributed by atoms with Gasteiger partial charge in [0.2, 0.25) is 0 Å². The molecule has 1 atom stereocenters. The van der Waals surface area contributed by atoms with E-state index in [9.17, 15) is 0 Å². The zero-order valence-electron chi connectivity index (χ0n) is 13.6. The highest BCUT2D eigenvalue weighted by molar-refractivity contribution is 5.33. The summed E-state index contributed by atoms with van der Waals surface area (Å²) in [5.41, 5.74) is 1.11. The van der Waals surface area contributed by atoms with Crippen LogP contribution in [0.5, 0.6) is 0 Å². The molecule has 2 heterocycles. The minimum atomic E-state index is 0.532. The van der Waals surface area contributed by atoms with Gasteiger partial charge in [0.15, 0.2) is 0 Å². The van der Waals surface area contributed by atoms with E-state index in [1.165, 1.54) is 32.1 Å². The Morgan fingerprint density at radius 2 is 2.14 bits per heavy atom. The van der Waals surface area contributed by atoms with Crippen LogP contribution in [-0.4, -0.2) is 54.3 Å². The molecule has 0 spiro atoms. The van der Waals surface area contributed by atoms with Crippen molar-refractivity contribution in [3.05, 3.63) is 18.1 Å². The van der Waals surface area contributed by atoms with Crippen molar-refractivity contribution in [1.82, 2.24) is 14.9 Å². The molecule has 1 aliphatic carbocycles. The highest BCUT2D eigenvalue weighted by Gasteiger charge is 2.26. The number of ether oxygens (including phenoxy) is 1. The maximum Gasteiger partial charge on any atom is 0.129 e. The Kier molecular flexibility index (Phi) is 5.62. The van der Waals surface area contributed by atoms with Crippen molar-refractivity contribution in [3.8, 4) is 0 Å². The van der Waals surface area contributed by atoms with E-state index < -0.39 is 0 Å². The van der Waals surface area contributed by atoms with Gasteiger partial charge in [-0.2, -0.15) is 0 Å². The first kappa shape index (κ1) is 15.7. The van der Waals surface area contributed by atoms with Gasteiger partial charge in [-0.05, 0) is 19.3 Å². The average molecular weight is 304 g/mol. The maximum absolute atomic E-state index is 5.86. The topological polar surface area (TPSA) is 50.3 Å². The Bertz CT molecular complexity index is 462. The molecule has 5 nitrogen and oxygen atoms in total. The summed E-state index contributed by atoms with van der Waals surface area (Å²) >= 11 is 0. The molecule has 1 aromatic heterocycles. The van der Waals surface area contributed by atoms with Crippen LogP contribution in [0.3, 0.4) is 0 Å². The maximum atomic E-state index is 5.86. The fourth-order valence-electron chi connectivity index (χ4n) is 3.75. The predicted molar refractivity (Wildman–Crippen MR) is 88.0 cm³/mol. The summed E-state index contributed by atoms with van der Waals surface area (Å²) < 4.78 is 5.86. The fourth-order valence-corrected chi connectivity index (χ4v) is 3.75. The molecule has 0 amide bonds. The van der Waals surface area contributed by atoms with Crippen LogP contribution in [0.1, 0.15) is 37.8 Å². The molecule has 1 saturated heterocycles. The third-order valence-corrected chi connectivity index (χ3v) is 4.94. The molecule has 1 N–H and O–H groups in total. The third-order valence-electron chi connectivity index (χ3n) is 4.94. The van der Waals surface area contributed by atoms with Crippen LogP contribution in [0, 0.1) is 5.92 Å². The van der Waals surface area contributed by atoms with Gasteiger partial charge in [0.05, 0.1) is 13.2 Å². The highest BCUT2D eigenvalue weighted by Crippen LogP contribution is 2.25. The van der Waals surface area contributed by atoms with Crippen molar-refractivity contribution < 1.29 is 4.74 Å². The van der Waals surface area contributed by atoms with Crippen molar-refractivity contribution >= 4 is 5.82 Å². The number of nitrogens with zero attached hydrogens (tertiary/aromatic N) is 3. The van der Waals surface area contributed by atoms with Gasteiger partial charge in [0, 0.05) is 43.9 Å². The Hall–Kier alpha value is -1.20. The molecule has 0 bridgehead atoms. The standard InChI is InChI=1S/C17H28N4O/c1-18-17-10-15(19-13-20-17)9-14-11-21(7-8-22-12-14)16-5-3-2-4-6-16/h10,13-14,16H,2-9,11-12H2,1H3,(H,18,19,20)/t14-/m0/s1. The van der Waals surface area contributed by atoms with Crippen molar-refractivity contribution in [2.24, 2.45) is 5.92 Å². The first-order valence-electron chi connectivity index (χ1n) is 8.65. The monoisotopic (exact) mass is 304 g/mol. The summed E-state index contributed by atoms with van der Waals surface area (Å²) in [6.45, 7) is 3.96.